The van der Waals surface area contributed by atoms with Gasteiger partial charge in [0.2, 0.25) is 0 Å². The van der Waals surface area contributed by atoms with E-state index in [1.54, 1.807) is 0 Å². The summed E-state index contributed by atoms with van der Waals surface area (Å²) in [5, 5.41) is 3.48. The van der Waals surface area contributed by atoms with Crippen LogP contribution in [0.4, 0.5) is 0 Å². The fourth-order valence-electron chi connectivity index (χ4n) is 3.41. The van der Waals surface area contributed by atoms with Crippen molar-refractivity contribution in [2.24, 2.45) is 5.92 Å². The van der Waals surface area contributed by atoms with Crippen molar-refractivity contribution in [2.75, 3.05) is 26.2 Å². The third-order valence-corrected chi connectivity index (χ3v) is 4.30. The first-order valence-electron chi connectivity index (χ1n) is 7.35. The Kier molecular flexibility index (Phi) is 7.49. The molecule has 2 rings (SSSR count). The van der Waals surface area contributed by atoms with E-state index in [-0.39, 0.29) is 12.4 Å². The summed E-state index contributed by atoms with van der Waals surface area (Å²) >= 11 is 0. The van der Waals surface area contributed by atoms with Crippen LogP contribution in [0.2, 0.25) is 0 Å². The maximum Gasteiger partial charge on any atom is 0.0119 e. The van der Waals surface area contributed by atoms with Crippen LogP contribution in [-0.4, -0.2) is 37.1 Å². The van der Waals surface area contributed by atoms with E-state index in [0.29, 0.717) is 0 Å². The number of rotatable bonds is 5. The molecule has 2 nitrogen and oxygen atoms in total. The first-order chi connectivity index (χ1) is 7.90. The van der Waals surface area contributed by atoms with E-state index in [9.17, 15) is 0 Å². The van der Waals surface area contributed by atoms with Crippen LogP contribution in [0.25, 0.3) is 0 Å². The van der Waals surface area contributed by atoms with Crippen molar-refractivity contribution >= 4 is 12.4 Å². The highest BCUT2D eigenvalue weighted by atomic mass is 35.5. The van der Waals surface area contributed by atoms with Crippen molar-refractivity contribution < 1.29 is 0 Å². The van der Waals surface area contributed by atoms with Crippen LogP contribution < -0.4 is 5.32 Å². The molecule has 0 bridgehead atoms. The summed E-state index contributed by atoms with van der Waals surface area (Å²) in [7, 11) is 0. The molecule has 17 heavy (non-hydrogen) atoms. The molecule has 0 radical (unpaired) electrons. The van der Waals surface area contributed by atoms with Gasteiger partial charge in [0.05, 0.1) is 0 Å². The third kappa shape index (κ3) is 4.76. The van der Waals surface area contributed by atoms with Crippen LogP contribution >= 0.6 is 12.4 Å². The molecule has 0 aromatic carbocycles. The van der Waals surface area contributed by atoms with E-state index in [0.717, 1.165) is 12.0 Å². The standard InChI is InChI=1S/C14H28N2.ClH/c1-2-11-16(12-13-5-3-4-6-13)14-7-9-15-10-8-14;/h13-15H,2-12H2,1H3;1H. The normalized spacial score (nSPS) is 22.9. The van der Waals surface area contributed by atoms with Gasteiger partial charge in [-0.2, -0.15) is 0 Å². The molecule has 0 amide bonds. The maximum atomic E-state index is 3.48. The highest BCUT2D eigenvalue weighted by Crippen LogP contribution is 2.27. The highest BCUT2D eigenvalue weighted by Gasteiger charge is 2.24. The Balaban J connectivity index is 0.00000144. The Morgan fingerprint density at radius 2 is 1.71 bits per heavy atom. The predicted molar refractivity (Wildman–Crippen MR) is 77.0 cm³/mol. The van der Waals surface area contributed by atoms with Gasteiger partial charge in [0.25, 0.3) is 0 Å². The Labute approximate surface area is 113 Å². The number of hydrogen-bond donors (Lipinski definition) is 1. The zero-order valence-corrected chi connectivity index (χ0v) is 12.1. The van der Waals surface area contributed by atoms with Gasteiger partial charge in [0.15, 0.2) is 0 Å². The number of nitrogens with one attached hydrogen (secondary N) is 1. The lowest BCUT2D eigenvalue weighted by atomic mass is 10.0. The quantitative estimate of drug-likeness (QED) is 0.817. The molecule has 1 N–H and O–H groups in total. The van der Waals surface area contributed by atoms with Crippen LogP contribution in [0.1, 0.15) is 51.9 Å². The summed E-state index contributed by atoms with van der Waals surface area (Å²) in [6.45, 7) is 7.49. The molecule has 1 aliphatic carbocycles. The topological polar surface area (TPSA) is 15.3 Å². The summed E-state index contributed by atoms with van der Waals surface area (Å²) in [5.74, 6) is 1.02. The monoisotopic (exact) mass is 260 g/mol. The Bertz CT molecular complexity index is 187. The van der Waals surface area contributed by atoms with Crippen LogP contribution in [0.3, 0.4) is 0 Å². The largest absolute Gasteiger partial charge is 0.317 e. The van der Waals surface area contributed by atoms with Crippen molar-refractivity contribution in [1.82, 2.24) is 10.2 Å². The third-order valence-electron chi connectivity index (χ3n) is 4.30. The lowest BCUT2D eigenvalue weighted by Gasteiger charge is -2.36. The number of halogens is 1. The Hall–Kier alpha value is 0.210. The average molecular weight is 261 g/mol. The van der Waals surface area contributed by atoms with Gasteiger partial charge < -0.3 is 10.2 Å². The lowest BCUT2D eigenvalue weighted by molar-refractivity contribution is 0.139. The molecule has 1 saturated carbocycles. The molecular weight excluding hydrogens is 232 g/mol. The zero-order chi connectivity index (χ0) is 11.2. The minimum absolute atomic E-state index is 0. The summed E-state index contributed by atoms with van der Waals surface area (Å²) < 4.78 is 0. The summed E-state index contributed by atoms with van der Waals surface area (Å²) in [5.41, 5.74) is 0. The number of piperidine rings is 1. The van der Waals surface area contributed by atoms with Gasteiger partial charge in [-0.15, -0.1) is 12.4 Å². The number of hydrogen-bond acceptors (Lipinski definition) is 2. The molecule has 102 valence electrons. The molecule has 0 aromatic heterocycles. The van der Waals surface area contributed by atoms with Gasteiger partial charge >= 0.3 is 0 Å². The second-order valence-corrected chi connectivity index (χ2v) is 5.63. The maximum absolute atomic E-state index is 3.48. The molecule has 3 heteroatoms. The fraction of sp³-hybridized carbons (Fsp3) is 1.00. The first kappa shape index (κ1) is 15.3. The van der Waals surface area contributed by atoms with E-state index in [2.05, 4.69) is 17.1 Å². The minimum Gasteiger partial charge on any atom is -0.317 e. The molecule has 0 aromatic rings. The molecule has 2 aliphatic rings. The van der Waals surface area contributed by atoms with E-state index in [1.165, 1.54) is 71.1 Å². The van der Waals surface area contributed by atoms with Gasteiger partial charge in [-0.25, -0.2) is 0 Å². The predicted octanol–water partition coefficient (Wildman–Crippen LogP) is 3.06. The van der Waals surface area contributed by atoms with Gasteiger partial charge in [0.1, 0.15) is 0 Å². The second-order valence-electron chi connectivity index (χ2n) is 5.63. The van der Waals surface area contributed by atoms with Gasteiger partial charge in [0, 0.05) is 12.6 Å². The van der Waals surface area contributed by atoms with Crippen molar-refractivity contribution in [3.8, 4) is 0 Å². The molecular formula is C14H29ClN2. The van der Waals surface area contributed by atoms with Gasteiger partial charge in [-0.1, -0.05) is 19.8 Å². The average Bonchev–Trinajstić information content (AvgIpc) is 2.83. The smallest absolute Gasteiger partial charge is 0.0119 e. The summed E-state index contributed by atoms with van der Waals surface area (Å²) in [6, 6.07) is 0.877. The molecule has 0 atom stereocenters. The van der Waals surface area contributed by atoms with E-state index < -0.39 is 0 Å². The van der Waals surface area contributed by atoms with Crippen molar-refractivity contribution in [3.05, 3.63) is 0 Å². The number of nitrogens with zero attached hydrogens (tertiary/aromatic N) is 1. The van der Waals surface area contributed by atoms with Gasteiger partial charge in [-0.3, -0.25) is 0 Å². The summed E-state index contributed by atoms with van der Waals surface area (Å²) in [6.07, 6.45) is 10.0. The fourth-order valence-corrected chi connectivity index (χ4v) is 3.41. The Morgan fingerprint density at radius 3 is 2.29 bits per heavy atom. The SMILES string of the molecule is CCCN(CC1CCCC1)C1CCNCC1.Cl. The molecule has 2 fully saturated rings. The summed E-state index contributed by atoms with van der Waals surface area (Å²) in [4.78, 5) is 2.80. The molecule has 0 unspecified atom stereocenters. The van der Waals surface area contributed by atoms with Crippen LogP contribution in [0, 0.1) is 5.92 Å². The van der Waals surface area contributed by atoms with Crippen molar-refractivity contribution in [1.29, 1.82) is 0 Å². The van der Waals surface area contributed by atoms with E-state index >= 15 is 0 Å². The van der Waals surface area contributed by atoms with Gasteiger partial charge in [-0.05, 0) is 57.7 Å². The van der Waals surface area contributed by atoms with Crippen molar-refractivity contribution in [3.63, 3.8) is 0 Å². The van der Waals surface area contributed by atoms with E-state index in [1.807, 2.05) is 0 Å². The molecule has 1 saturated heterocycles. The highest BCUT2D eigenvalue weighted by molar-refractivity contribution is 5.85. The van der Waals surface area contributed by atoms with Crippen molar-refractivity contribution in [2.45, 2.75) is 57.9 Å². The van der Waals surface area contributed by atoms with Crippen LogP contribution in [0.15, 0.2) is 0 Å². The molecule has 1 aliphatic heterocycles. The molecule has 1 heterocycles. The zero-order valence-electron chi connectivity index (χ0n) is 11.3. The van der Waals surface area contributed by atoms with Crippen LogP contribution in [-0.2, 0) is 0 Å². The van der Waals surface area contributed by atoms with Crippen LogP contribution in [0.5, 0.6) is 0 Å². The lowest BCUT2D eigenvalue weighted by Crippen LogP contribution is -2.45. The second kappa shape index (κ2) is 8.34. The minimum atomic E-state index is 0. The Morgan fingerprint density at radius 1 is 1.06 bits per heavy atom. The first-order valence-corrected chi connectivity index (χ1v) is 7.35. The van der Waals surface area contributed by atoms with E-state index in [4.69, 9.17) is 0 Å². The molecule has 0 spiro atoms.